The van der Waals surface area contributed by atoms with Crippen molar-refractivity contribution in [3.63, 3.8) is 0 Å². The summed E-state index contributed by atoms with van der Waals surface area (Å²) in [7, 11) is 1.65. The van der Waals surface area contributed by atoms with Crippen LogP contribution in [0.5, 0.6) is 5.75 Å². The van der Waals surface area contributed by atoms with Crippen LogP contribution in [0.15, 0.2) is 30.3 Å². The Hall–Kier alpha value is -3.19. The van der Waals surface area contributed by atoms with Gasteiger partial charge < -0.3 is 14.8 Å². The number of hydrazine groups is 1. The lowest BCUT2D eigenvalue weighted by molar-refractivity contribution is -0.121. The lowest BCUT2D eigenvalue weighted by atomic mass is 9.80. The van der Waals surface area contributed by atoms with Gasteiger partial charge in [0.25, 0.3) is 5.91 Å². The molecule has 2 amide bonds. The Balaban J connectivity index is 0.000000348. The number of aryl methyl sites for hydroxylation is 3. The van der Waals surface area contributed by atoms with Gasteiger partial charge in [-0.15, -0.1) is 0 Å². The van der Waals surface area contributed by atoms with Gasteiger partial charge in [-0.05, 0) is 106 Å². The van der Waals surface area contributed by atoms with Crippen LogP contribution in [-0.2, 0) is 16.0 Å². The van der Waals surface area contributed by atoms with Crippen LogP contribution in [0.3, 0.4) is 0 Å². The molecule has 0 atom stereocenters. The number of ketones is 1. The minimum Gasteiger partial charge on any atom is -0.496 e. The normalized spacial score (nSPS) is 16.0. The zero-order valence-electron chi connectivity index (χ0n) is 25.2. The molecule has 216 valence electrons. The van der Waals surface area contributed by atoms with E-state index >= 15 is 0 Å². The third-order valence-electron chi connectivity index (χ3n) is 7.41. The fourth-order valence-corrected chi connectivity index (χ4v) is 4.74. The van der Waals surface area contributed by atoms with Crippen molar-refractivity contribution in [1.29, 1.82) is 0 Å². The van der Waals surface area contributed by atoms with Gasteiger partial charge in [0.1, 0.15) is 11.5 Å². The molecule has 7 heteroatoms. The van der Waals surface area contributed by atoms with E-state index in [1.807, 2.05) is 58.0 Å². The minimum atomic E-state index is -0.237. The molecule has 3 rings (SSSR count). The van der Waals surface area contributed by atoms with Gasteiger partial charge in [0.15, 0.2) is 0 Å². The number of ether oxygens (including phenoxy) is 1. The van der Waals surface area contributed by atoms with Crippen molar-refractivity contribution in [2.45, 2.75) is 93.4 Å². The smallest absolute Gasteiger partial charge is 0.265 e. The van der Waals surface area contributed by atoms with E-state index in [-0.39, 0.29) is 23.5 Å². The minimum absolute atomic E-state index is 0.158. The number of methoxy groups -OCH3 is 1. The molecule has 4 N–H and O–H groups in total. The zero-order valence-corrected chi connectivity index (χ0v) is 25.2. The van der Waals surface area contributed by atoms with Crippen LogP contribution in [0.4, 0.5) is 5.69 Å². The summed E-state index contributed by atoms with van der Waals surface area (Å²) in [5.41, 5.74) is 8.26. The lowest BCUT2D eigenvalue weighted by Crippen LogP contribution is -2.30. The number of nitrogens with two attached hydrogens (primary N) is 1. The first-order chi connectivity index (χ1) is 18.5. The van der Waals surface area contributed by atoms with Crippen molar-refractivity contribution in [1.82, 2.24) is 5.43 Å². The maximum atomic E-state index is 12.3. The van der Waals surface area contributed by atoms with Crippen LogP contribution in [0.1, 0.15) is 98.8 Å². The summed E-state index contributed by atoms with van der Waals surface area (Å²) in [5, 5.41) is 3.03. The summed E-state index contributed by atoms with van der Waals surface area (Å²) >= 11 is 0. The van der Waals surface area contributed by atoms with Crippen LogP contribution in [0, 0.1) is 32.6 Å². The van der Waals surface area contributed by atoms with Crippen LogP contribution in [0.25, 0.3) is 0 Å². The first-order valence-electron chi connectivity index (χ1n) is 14.1. The number of amides is 2. The van der Waals surface area contributed by atoms with E-state index in [1.54, 1.807) is 14.0 Å². The van der Waals surface area contributed by atoms with Gasteiger partial charge >= 0.3 is 0 Å². The van der Waals surface area contributed by atoms with Gasteiger partial charge in [0.2, 0.25) is 5.91 Å². The molecule has 1 aliphatic rings. The van der Waals surface area contributed by atoms with Crippen LogP contribution < -0.4 is 21.3 Å². The van der Waals surface area contributed by atoms with E-state index in [4.69, 9.17) is 10.6 Å². The first-order valence-corrected chi connectivity index (χ1v) is 14.1. The molecule has 0 aromatic heterocycles. The summed E-state index contributed by atoms with van der Waals surface area (Å²) < 4.78 is 5.29. The average molecular weight is 540 g/mol. The standard InChI is InChI=1S/C17H25NO2.C11H16N2O.C4H8O/c1-4-13-6-8-14(9-7-13)17(19)18-15-10-5-12(2)16(11-15)20-3;1-4-10-7(2)5-9(6-8(10)3)11(14)13-12;1-3-4(2)5/h5,10-11,13-14H,4,6-9H2,1-3H3,(H,18,19);5-6H,4,12H2,1-3H3,(H,13,14);3H2,1-2H3. The predicted molar refractivity (Wildman–Crippen MR) is 160 cm³/mol. The SMILES string of the molecule is CCC(C)=O.CCC1CCC(C(=O)Nc2ccc(C)c(OC)c2)CC1.CCc1c(C)cc(C(=O)NN)cc1C. The molecule has 39 heavy (non-hydrogen) atoms. The molecule has 0 radical (unpaired) electrons. The Bertz CT molecular complexity index is 1070. The monoisotopic (exact) mass is 539 g/mol. The third-order valence-corrected chi connectivity index (χ3v) is 7.41. The van der Waals surface area contributed by atoms with Gasteiger partial charge in [-0.2, -0.15) is 0 Å². The molecule has 2 aromatic rings. The summed E-state index contributed by atoms with van der Waals surface area (Å²) in [6, 6.07) is 9.54. The lowest BCUT2D eigenvalue weighted by Gasteiger charge is -2.27. The molecule has 2 aromatic carbocycles. The topological polar surface area (TPSA) is 111 Å². The highest BCUT2D eigenvalue weighted by Gasteiger charge is 2.25. The number of hydrogen-bond donors (Lipinski definition) is 3. The quantitative estimate of drug-likeness (QED) is 0.208. The number of hydrogen-bond acceptors (Lipinski definition) is 5. The Morgan fingerprint density at radius 1 is 0.923 bits per heavy atom. The summed E-state index contributed by atoms with van der Waals surface area (Å²) in [5.74, 6) is 7.06. The molecule has 0 spiro atoms. The highest BCUT2D eigenvalue weighted by molar-refractivity contribution is 5.94. The predicted octanol–water partition coefficient (Wildman–Crippen LogP) is 6.61. The average Bonchev–Trinajstić information content (AvgIpc) is 2.94. The van der Waals surface area contributed by atoms with Crippen molar-refractivity contribution in [3.05, 3.63) is 58.1 Å². The molecular weight excluding hydrogens is 490 g/mol. The first kappa shape index (κ1) is 33.8. The second-order valence-corrected chi connectivity index (χ2v) is 10.3. The zero-order chi connectivity index (χ0) is 29.5. The van der Waals surface area contributed by atoms with Crippen molar-refractivity contribution in [2.75, 3.05) is 12.4 Å². The maximum Gasteiger partial charge on any atom is 0.265 e. The van der Waals surface area contributed by atoms with E-state index in [0.717, 1.165) is 53.3 Å². The second kappa shape index (κ2) is 17.4. The summed E-state index contributed by atoms with van der Waals surface area (Å²) in [4.78, 5) is 33.4. The van der Waals surface area contributed by atoms with Crippen molar-refractivity contribution >= 4 is 23.3 Å². The molecule has 1 fully saturated rings. The van der Waals surface area contributed by atoms with Crippen LogP contribution in [0.2, 0.25) is 0 Å². The Morgan fingerprint density at radius 3 is 1.92 bits per heavy atom. The van der Waals surface area contributed by atoms with Crippen molar-refractivity contribution in [3.8, 4) is 5.75 Å². The Kier molecular flexibility index (Phi) is 15.1. The molecule has 7 nitrogen and oxygen atoms in total. The van der Waals surface area contributed by atoms with Gasteiger partial charge in [-0.3, -0.25) is 15.0 Å². The largest absolute Gasteiger partial charge is 0.496 e. The number of rotatable bonds is 7. The van der Waals surface area contributed by atoms with E-state index in [1.165, 1.54) is 24.8 Å². The van der Waals surface area contributed by atoms with Gasteiger partial charge in [0.05, 0.1) is 7.11 Å². The highest BCUT2D eigenvalue weighted by atomic mass is 16.5. The number of anilines is 1. The van der Waals surface area contributed by atoms with E-state index < -0.39 is 0 Å². The fraction of sp³-hybridized carbons (Fsp3) is 0.531. The molecule has 0 heterocycles. The van der Waals surface area contributed by atoms with Crippen molar-refractivity contribution < 1.29 is 19.1 Å². The number of carbonyl (C=O) groups excluding carboxylic acids is 3. The number of nitrogen functional groups attached to an aromatic ring is 1. The molecule has 1 saturated carbocycles. The summed E-state index contributed by atoms with van der Waals surface area (Å²) in [6.07, 6.45) is 7.31. The fourth-order valence-electron chi connectivity index (χ4n) is 4.74. The molecular formula is C32H49N3O4. The third kappa shape index (κ3) is 11.2. The molecule has 0 unspecified atom stereocenters. The molecule has 1 aliphatic carbocycles. The Morgan fingerprint density at radius 2 is 1.49 bits per heavy atom. The van der Waals surface area contributed by atoms with E-state index in [9.17, 15) is 14.4 Å². The van der Waals surface area contributed by atoms with E-state index in [2.05, 4.69) is 24.6 Å². The maximum absolute atomic E-state index is 12.3. The van der Waals surface area contributed by atoms with Gasteiger partial charge in [-0.1, -0.05) is 33.3 Å². The van der Waals surface area contributed by atoms with Gasteiger partial charge in [-0.25, -0.2) is 5.84 Å². The highest BCUT2D eigenvalue weighted by Crippen LogP contribution is 2.31. The van der Waals surface area contributed by atoms with Crippen LogP contribution in [-0.4, -0.2) is 24.7 Å². The molecule has 0 bridgehead atoms. The molecule has 0 aliphatic heterocycles. The van der Waals surface area contributed by atoms with E-state index in [0.29, 0.717) is 12.0 Å². The summed E-state index contributed by atoms with van der Waals surface area (Å²) in [6.45, 7) is 13.8. The number of benzene rings is 2. The van der Waals surface area contributed by atoms with Gasteiger partial charge in [0, 0.05) is 29.7 Å². The number of nitrogens with one attached hydrogen (secondary N) is 2. The van der Waals surface area contributed by atoms with Crippen molar-refractivity contribution in [2.24, 2.45) is 17.7 Å². The Labute approximate surface area is 235 Å². The number of Topliss-reactive ketones (excluding diaryl/α,β-unsaturated/α-hetero) is 1. The molecule has 0 saturated heterocycles. The second-order valence-electron chi connectivity index (χ2n) is 10.3. The number of carbonyl (C=O) groups is 3. The van der Waals surface area contributed by atoms with Crippen LogP contribution >= 0.6 is 0 Å².